The lowest BCUT2D eigenvalue weighted by atomic mass is 9.94. The fraction of sp³-hybridized carbons (Fsp3) is 0.700. The van der Waals surface area contributed by atoms with Crippen molar-refractivity contribution < 1.29 is 4.79 Å². The van der Waals surface area contributed by atoms with Gasteiger partial charge in [0.15, 0.2) is 0 Å². The minimum atomic E-state index is -0.0620. The van der Waals surface area contributed by atoms with Gasteiger partial charge in [-0.1, -0.05) is 19.3 Å². The molecule has 1 spiro atoms. The number of likely N-dealkylation sites (tertiary alicyclic amines) is 1. The van der Waals surface area contributed by atoms with Gasteiger partial charge in [-0.15, -0.1) is 21.5 Å². The van der Waals surface area contributed by atoms with Crippen molar-refractivity contribution in [3.63, 3.8) is 0 Å². The van der Waals surface area contributed by atoms with Gasteiger partial charge in [0.25, 0.3) is 5.91 Å². The molecule has 4 heterocycles. The van der Waals surface area contributed by atoms with Crippen molar-refractivity contribution >= 4 is 17.2 Å². The van der Waals surface area contributed by atoms with Crippen molar-refractivity contribution in [2.24, 2.45) is 0 Å². The fourth-order valence-corrected chi connectivity index (χ4v) is 5.77. The van der Waals surface area contributed by atoms with Gasteiger partial charge in [-0.25, -0.2) is 4.98 Å². The van der Waals surface area contributed by atoms with E-state index in [1.807, 2.05) is 11.6 Å². The first-order valence-electron chi connectivity index (χ1n) is 10.7. The monoisotopic (exact) mass is 415 g/mol. The molecule has 5 rings (SSSR count). The van der Waals surface area contributed by atoms with Gasteiger partial charge in [-0.05, 0) is 26.3 Å². The highest BCUT2D eigenvalue weighted by Crippen LogP contribution is 2.34. The van der Waals surface area contributed by atoms with Crippen LogP contribution in [0, 0.1) is 0 Å². The summed E-state index contributed by atoms with van der Waals surface area (Å²) in [5.74, 6) is 1.31. The number of hydrogen-bond acceptors (Lipinski definition) is 7. The molecule has 1 atom stereocenters. The summed E-state index contributed by atoms with van der Waals surface area (Å²) in [4.78, 5) is 22.3. The molecule has 156 valence electrons. The van der Waals surface area contributed by atoms with Gasteiger partial charge < -0.3 is 9.88 Å². The predicted octanol–water partition coefficient (Wildman–Crippen LogP) is 1.89. The summed E-state index contributed by atoms with van der Waals surface area (Å²) in [6, 6.07) is 0.282. The minimum absolute atomic E-state index is 0.0203. The van der Waals surface area contributed by atoms with Crippen molar-refractivity contribution in [1.82, 2.24) is 34.9 Å². The number of carbonyl (C=O) groups excluding carboxylic acids is 1. The van der Waals surface area contributed by atoms with E-state index < -0.39 is 0 Å². The van der Waals surface area contributed by atoms with Gasteiger partial charge in [0.05, 0.1) is 18.6 Å². The third-order valence-corrected chi connectivity index (χ3v) is 7.63. The molecule has 2 aromatic heterocycles. The number of carbonyl (C=O) groups is 1. The van der Waals surface area contributed by atoms with Crippen LogP contribution in [0.2, 0.25) is 0 Å². The molecular weight excluding hydrogens is 386 g/mol. The Kier molecular flexibility index (Phi) is 5.13. The highest BCUT2D eigenvalue weighted by atomic mass is 32.1. The lowest BCUT2D eigenvalue weighted by molar-refractivity contribution is 0.0646. The van der Waals surface area contributed by atoms with Gasteiger partial charge >= 0.3 is 0 Å². The van der Waals surface area contributed by atoms with Crippen LogP contribution in [0.15, 0.2) is 11.6 Å². The molecule has 2 aromatic rings. The maximum absolute atomic E-state index is 12.9. The molecule has 2 aliphatic heterocycles. The van der Waals surface area contributed by atoms with Crippen LogP contribution in [0.4, 0.5) is 0 Å². The van der Waals surface area contributed by atoms with E-state index in [9.17, 15) is 4.79 Å². The number of likely N-dealkylation sites (N-methyl/N-ethyl adjacent to an activating group) is 1. The maximum atomic E-state index is 12.9. The third-order valence-electron chi connectivity index (χ3n) is 6.87. The van der Waals surface area contributed by atoms with Crippen LogP contribution in [0.25, 0.3) is 0 Å². The predicted molar refractivity (Wildman–Crippen MR) is 111 cm³/mol. The molecule has 0 aromatic carbocycles. The summed E-state index contributed by atoms with van der Waals surface area (Å²) >= 11 is 1.71. The van der Waals surface area contributed by atoms with Gasteiger partial charge in [0.2, 0.25) is 5.82 Å². The number of nitrogens with one attached hydrogen (secondary N) is 1. The van der Waals surface area contributed by atoms with Crippen molar-refractivity contribution in [3.8, 4) is 0 Å². The van der Waals surface area contributed by atoms with Gasteiger partial charge in [0.1, 0.15) is 10.8 Å². The first kappa shape index (κ1) is 19.1. The van der Waals surface area contributed by atoms with Crippen molar-refractivity contribution in [2.75, 3.05) is 20.1 Å². The molecule has 1 N–H and O–H groups in total. The third kappa shape index (κ3) is 3.71. The smallest absolute Gasteiger partial charge is 0.289 e. The zero-order chi connectivity index (χ0) is 19.8. The molecule has 0 bridgehead atoms. The van der Waals surface area contributed by atoms with E-state index in [4.69, 9.17) is 0 Å². The van der Waals surface area contributed by atoms with Crippen LogP contribution in [0.1, 0.15) is 60.0 Å². The Hall–Kier alpha value is -1.84. The Labute approximate surface area is 175 Å². The average molecular weight is 416 g/mol. The Morgan fingerprint density at radius 1 is 1.28 bits per heavy atom. The number of fused-ring (bicyclic) bond motifs is 1. The van der Waals surface area contributed by atoms with Gasteiger partial charge in [-0.3, -0.25) is 14.6 Å². The van der Waals surface area contributed by atoms with Crippen molar-refractivity contribution in [3.05, 3.63) is 28.2 Å². The lowest BCUT2D eigenvalue weighted by Gasteiger charge is -2.42. The average Bonchev–Trinajstić information content (AvgIpc) is 3.45. The Balaban J connectivity index is 1.31. The number of aromatic nitrogens is 4. The van der Waals surface area contributed by atoms with Gasteiger partial charge in [-0.2, -0.15) is 0 Å². The zero-order valence-corrected chi connectivity index (χ0v) is 17.8. The summed E-state index contributed by atoms with van der Waals surface area (Å²) in [6.45, 7) is 4.43. The molecule has 9 heteroatoms. The SMILES string of the molecule is CN1Cc2nnc(C(=O)NC3CCCCC3)n2CC12CCN(Cc1nccs1)C2. The number of thiazole rings is 1. The van der Waals surface area contributed by atoms with E-state index in [-0.39, 0.29) is 17.5 Å². The fourth-order valence-electron chi connectivity index (χ4n) is 5.12. The van der Waals surface area contributed by atoms with E-state index in [1.165, 1.54) is 19.3 Å². The summed E-state index contributed by atoms with van der Waals surface area (Å²) < 4.78 is 2.07. The molecule has 3 aliphatic rings. The summed E-state index contributed by atoms with van der Waals surface area (Å²) in [5.41, 5.74) is 0.0203. The second-order valence-electron chi connectivity index (χ2n) is 8.80. The Morgan fingerprint density at radius 3 is 2.93 bits per heavy atom. The van der Waals surface area contributed by atoms with Crippen LogP contribution >= 0.6 is 11.3 Å². The van der Waals surface area contributed by atoms with Crippen LogP contribution in [-0.4, -0.2) is 67.2 Å². The largest absolute Gasteiger partial charge is 0.347 e. The molecule has 0 radical (unpaired) electrons. The quantitative estimate of drug-likeness (QED) is 0.822. The summed E-state index contributed by atoms with van der Waals surface area (Å²) in [7, 11) is 2.17. The molecule has 1 saturated heterocycles. The van der Waals surface area contributed by atoms with E-state index in [0.29, 0.717) is 5.82 Å². The van der Waals surface area contributed by atoms with E-state index in [0.717, 1.165) is 62.8 Å². The standard InChI is InChI=1S/C20H29N7OS/c1-25-11-16-23-24-18(19(28)22-15-5-3-2-4-6-15)27(16)14-20(25)7-9-26(13-20)12-17-21-8-10-29-17/h8,10,15H,2-7,9,11-14H2,1H3,(H,22,28). The minimum Gasteiger partial charge on any atom is -0.347 e. The summed E-state index contributed by atoms with van der Waals surface area (Å²) in [6.07, 6.45) is 8.78. The highest BCUT2D eigenvalue weighted by molar-refractivity contribution is 7.09. The topological polar surface area (TPSA) is 79.2 Å². The second-order valence-corrected chi connectivity index (χ2v) is 9.78. The number of hydrogen-bond donors (Lipinski definition) is 1. The Bertz CT molecular complexity index is 860. The molecule has 8 nitrogen and oxygen atoms in total. The maximum Gasteiger partial charge on any atom is 0.289 e. The number of amides is 1. The summed E-state index contributed by atoms with van der Waals surface area (Å²) in [5, 5.41) is 15.0. The number of rotatable bonds is 4. The van der Waals surface area contributed by atoms with E-state index in [2.05, 4.69) is 41.9 Å². The molecule has 29 heavy (non-hydrogen) atoms. The second kappa shape index (κ2) is 7.77. The lowest BCUT2D eigenvalue weighted by Crippen LogP contribution is -2.55. The molecule has 2 fully saturated rings. The van der Waals surface area contributed by atoms with Crippen LogP contribution in [0.3, 0.4) is 0 Å². The van der Waals surface area contributed by atoms with Crippen molar-refractivity contribution in [2.45, 2.75) is 69.7 Å². The van der Waals surface area contributed by atoms with E-state index in [1.54, 1.807) is 11.3 Å². The van der Waals surface area contributed by atoms with E-state index >= 15 is 0 Å². The first-order valence-corrected chi connectivity index (χ1v) is 11.6. The highest BCUT2D eigenvalue weighted by Gasteiger charge is 2.46. The molecule has 1 aliphatic carbocycles. The van der Waals surface area contributed by atoms with Crippen LogP contribution in [0.5, 0.6) is 0 Å². The van der Waals surface area contributed by atoms with Crippen molar-refractivity contribution in [1.29, 1.82) is 0 Å². The molecule has 1 amide bonds. The van der Waals surface area contributed by atoms with Gasteiger partial charge in [0, 0.05) is 37.3 Å². The molecule has 1 unspecified atom stereocenters. The number of nitrogens with zero attached hydrogens (tertiary/aromatic N) is 6. The van der Waals surface area contributed by atoms with Crippen LogP contribution < -0.4 is 5.32 Å². The molecule has 1 saturated carbocycles. The molecular formula is C20H29N7OS. The normalized spacial score (nSPS) is 26.1. The first-order chi connectivity index (χ1) is 14.1. The zero-order valence-electron chi connectivity index (χ0n) is 17.0. The Morgan fingerprint density at radius 2 is 2.14 bits per heavy atom. The van der Waals surface area contributed by atoms with Crippen LogP contribution in [-0.2, 0) is 19.6 Å².